The molecular formula is C56H46N2Si. The van der Waals surface area contributed by atoms with Crippen molar-refractivity contribution in [2.24, 2.45) is 0 Å². The quantitative estimate of drug-likeness (QED) is 0.130. The minimum absolute atomic E-state index is 0.0880. The molecule has 284 valence electrons. The van der Waals surface area contributed by atoms with Crippen molar-refractivity contribution >= 4 is 71.2 Å². The highest BCUT2D eigenvalue weighted by atomic mass is 28.3. The van der Waals surface area contributed by atoms with Crippen molar-refractivity contribution in [2.75, 3.05) is 16.3 Å². The second-order valence-corrected chi connectivity index (χ2v) is 22.1. The van der Waals surface area contributed by atoms with Gasteiger partial charge < -0.3 is 9.80 Å². The SMILES string of the molecule is CC1(C)c2cc(C=Cc3ccc4c(c3)-c3cc(N5c6c#cccc6C=Cc6ccccc65)ccc3[Si]43CCCC3)ccc2-c2ccc(N3CCCc4ccccc43)cc21. The summed E-state index contributed by atoms with van der Waals surface area (Å²) in [6.07, 6.45) is 14.1. The van der Waals surface area contributed by atoms with Crippen LogP contribution < -0.4 is 20.2 Å². The van der Waals surface area contributed by atoms with E-state index in [1.165, 1.54) is 110 Å². The fourth-order valence-electron chi connectivity index (χ4n) is 11.4. The number of hydrogen-bond acceptors (Lipinski definition) is 2. The molecule has 0 saturated carbocycles. The number of benzene rings is 6. The summed E-state index contributed by atoms with van der Waals surface area (Å²) >= 11 is 0. The molecular weight excluding hydrogens is 729 g/mol. The summed E-state index contributed by atoms with van der Waals surface area (Å²) < 4.78 is 0. The van der Waals surface area contributed by atoms with Crippen LogP contribution in [0.15, 0.2) is 133 Å². The van der Waals surface area contributed by atoms with Gasteiger partial charge in [0.25, 0.3) is 0 Å². The van der Waals surface area contributed by atoms with Gasteiger partial charge in [0.15, 0.2) is 0 Å². The Morgan fingerprint density at radius 3 is 2.14 bits per heavy atom. The summed E-state index contributed by atoms with van der Waals surface area (Å²) in [5.41, 5.74) is 20.8. The molecule has 0 N–H and O–H groups in total. The van der Waals surface area contributed by atoms with E-state index >= 15 is 0 Å². The third-order valence-electron chi connectivity index (χ3n) is 14.3. The maximum atomic E-state index is 3.49. The lowest BCUT2D eigenvalue weighted by Crippen LogP contribution is -2.52. The molecule has 2 nitrogen and oxygen atoms in total. The van der Waals surface area contributed by atoms with Gasteiger partial charge in [0.1, 0.15) is 13.8 Å². The molecule has 1 saturated heterocycles. The number of nitrogens with zero attached hydrogens (tertiary/aromatic N) is 2. The first kappa shape index (κ1) is 34.7. The number of hydrogen-bond donors (Lipinski definition) is 0. The fourth-order valence-corrected chi connectivity index (χ4v) is 17.0. The molecule has 0 aromatic heterocycles. The summed E-state index contributed by atoms with van der Waals surface area (Å²) in [5, 5.41) is 3.27. The van der Waals surface area contributed by atoms with Crippen molar-refractivity contribution in [3.05, 3.63) is 185 Å². The van der Waals surface area contributed by atoms with Crippen LogP contribution in [0, 0.1) is 12.1 Å². The van der Waals surface area contributed by atoms with Gasteiger partial charge in [-0.2, -0.15) is 0 Å². The highest BCUT2D eigenvalue weighted by Crippen LogP contribution is 2.51. The third-order valence-corrected chi connectivity index (χ3v) is 19.7. The van der Waals surface area contributed by atoms with Crippen molar-refractivity contribution in [3.8, 4) is 22.3 Å². The standard InChI is InChI=1S/C56H46N2Si/c1-56(2)49-35-39(21-27-45(49)46-28-25-43(37-50(46)56)57-31-11-15-40-12-3-6-16-51(40)57)20-19-38-22-29-54-47(34-38)48-36-44(26-30-55(48)59(54)32-9-10-33-59)58-52-17-7-4-13-41(52)23-24-42-14-5-8-18-53(42)58/h3-7,12-14,16-17,19-30,34-37H,9-11,15,31-33H2,1-2H3. The Morgan fingerprint density at radius 1 is 0.593 bits per heavy atom. The predicted octanol–water partition coefficient (Wildman–Crippen LogP) is 13.1. The van der Waals surface area contributed by atoms with Crippen LogP contribution in [-0.4, -0.2) is 14.6 Å². The van der Waals surface area contributed by atoms with E-state index in [2.05, 4.69) is 187 Å². The lowest BCUT2D eigenvalue weighted by atomic mass is 9.81. The van der Waals surface area contributed by atoms with Crippen LogP contribution in [0.5, 0.6) is 0 Å². The van der Waals surface area contributed by atoms with Gasteiger partial charge in [-0.15, -0.1) is 0 Å². The Morgan fingerprint density at radius 2 is 1.27 bits per heavy atom. The molecule has 4 heterocycles. The minimum atomic E-state index is -1.81. The predicted molar refractivity (Wildman–Crippen MR) is 252 cm³/mol. The number of anilines is 5. The molecule has 0 atom stereocenters. The fraction of sp³-hybridized carbons (Fsp3) is 0.179. The average Bonchev–Trinajstić information content (AvgIpc) is 3.90. The van der Waals surface area contributed by atoms with Gasteiger partial charge in [-0.3, -0.25) is 0 Å². The lowest BCUT2D eigenvalue weighted by molar-refractivity contribution is 0.659. The Kier molecular flexibility index (Phi) is 7.69. The summed E-state index contributed by atoms with van der Waals surface area (Å²) in [5.74, 6) is 0. The van der Waals surface area contributed by atoms with Crippen molar-refractivity contribution in [1.29, 1.82) is 0 Å². The first-order valence-electron chi connectivity index (χ1n) is 21.6. The molecule has 0 radical (unpaired) electrons. The summed E-state index contributed by atoms with van der Waals surface area (Å²) in [6.45, 7) is 5.88. The maximum absolute atomic E-state index is 3.49. The molecule has 0 unspecified atom stereocenters. The van der Waals surface area contributed by atoms with E-state index in [0.717, 1.165) is 24.2 Å². The molecule has 4 aliphatic heterocycles. The van der Waals surface area contributed by atoms with Gasteiger partial charge in [0, 0.05) is 34.6 Å². The van der Waals surface area contributed by atoms with Crippen LogP contribution >= 0.6 is 0 Å². The molecule has 7 aromatic rings. The molecule has 0 amide bonds. The number of aryl methyl sites for hydroxylation is 1. The van der Waals surface area contributed by atoms with Gasteiger partial charge in [-0.05, 0) is 152 Å². The van der Waals surface area contributed by atoms with Gasteiger partial charge in [-0.25, -0.2) is 0 Å². The van der Waals surface area contributed by atoms with E-state index in [1.807, 2.05) is 6.07 Å². The van der Waals surface area contributed by atoms with Crippen LogP contribution in [0.4, 0.5) is 28.4 Å². The van der Waals surface area contributed by atoms with Gasteiger partial charge in [0.05, 0.1) is 5.69 Å². The highest BCUT2D eigenvalue weighted by molar-refractivity contribution is 7.06. The molecule has 0 bridgehead atoms. The molecule has 5 aliphatic rings. The van der Waals surface area contributed by atoms with E-state index in [4.69, 9.17) is 0 Å². The molecule has 1 spiro atoms. The van der Waals surface area contributed by atoms with Gasteiger partial charge >= 0.3 is 0 Å². The van der Waals surface area contributed by atoms with Gasteiger partial charge in [0.2, 0.25) is 0 Å². The van der Waals surface area contributed by atoms with Crippen molar-refractivity contribution in [2.45, 2.75) is 57.0 Å². The molecule has 3 heteroatoms. The molecule has 59 heavy (non-hydrogen) atoms. The van der Waals surface area contributed by atoms with E-state index in [9.17, 15) is 0 Å². The topological polar surface area (TPSA) is 6.48 Å². The largest absolute Gasteiger partial charge is 0.341 e. The summed E-state index contributed by atoms with van der Waals surface area (Å²) in [7, 11) is -1.81. The van der Waals surface area contributed by atoms with E-state index < -0.39 is 8.07 Å². The zero-order valence-corrected chi connectivity index (χ0v) is 34.9. The smallest absolute Gasteiger partial charge is 0.119 e. The van der Waals surface area contributed by atoms with Crippen LogP contribution in [0.25, 0.3) is 46.6 Å². The molecule has 12 rings (SSSR count). The van der Waals surface area contributed by atoms with E-state index in [1.54, 1.807) is 10.4 Å². The summed E-state index contributed by atoms with van der Waals surface area (Å²) in [4.78, 5) is 4.92. The molecule has 1 fully saturated rings. The van der Waals surface area contributed by atoms with E-state index in [0.29, 0.717) is 0 Å². The van der Waals surface area contributed by atoms with Crippen LogP contribution in [0.1, 0.15) is 72.1 Å². The first-order valence-corrected chi connectivity index (χ1v) is 24.0. The highest BCUT2D eigenvalue weighted by Gasteiger charge is 2.47. The van der Waals surface area contributed by atoms with Crippen LogP contribution in [0.3, 0.4) is 0 Å². The second kappa shape index (κ2) is 13.1. The Hall–Kier alpha value is -6.34. The average molecular weight is 775 g/mol. The normalized spacial score (nSPS) is 17.1. The van der Waals surface area contributed by atoms with Crippen LogP contribution in [0.2, 0.25) is 12.1 Å². The van der Waals surface area contributed by atoms with Crippen molar-refractivity contribution in [3.63, 3.8) is 0 Å². The molecule has 7 aromatic carbocycles. The monoisotopic (exact) mass is 774 g/mol. The Labute approximate surface area is 349 Å². The van der Waals surface area contributed by atoms with Crippen molar-refractivity contribution < 1.29 is 0 Å². The minimum Gasteiger partial charge on any atom is -0.341 e. The Balaban J connectivity index is 0.892. The zero-order valence-electron chi connectivity index (χ0n) is 33.9. The van der Waals surface area contributed by atoms with Gasteiger partial charge in [-0.1, -0.05) is 136 Å². The van der Waals surface area contributed by atoms with Crippen LogP contribution in [-0.2, 0) is 11.8 Å². The second-order valence-electron chi connectivity index (χ2n) is 17.8. The first-order chi connectivity index (χ1) is 29.0. The zero-order chi connectivity index (χ0) is 39.3. The maximum Gasteiger partial charge on any atom is 0.119 e. The van der Waals surface area contributed by atoms with E-state index in [-0.39, 0.29) is 5.41 Å². The Bertz CT molecular complexity index is 2870. The lowest BCUT2D eigenvalue weighted by Gasteiger charge is -2.32. The number of rotatable bonds is 4. The third kappa shape index (κ3) is 5.26. The number of para-hydroxylation sites is 2. The van der Waals surface area contributed by atoms with Crippen molar-refractivity contribution in [1.82, 2.24) is 0 Å². The number of fused-ring (bicyclic) bond motifs is 11. The molecule has 1 aliphatic carbocycles. The summed E-state index contributed by atoms with van der Waals surface area (Å²) in [6, 6.07) is 60.3.